The van der Waals surface area contributed by atoms with Gasteiger partial charge in [-0.25, -0.2) is 9.48 Å². The highest BCUT2D eigenvalue weighted by atomic mass is 16.5. The Labute approximate surface area is 228 Å². The zero-order chi connectivity index (χ0) is 26.9. The number of nitrogens with zero attached hydrogens (tertiary/aromatic N) is 3. The standard InChI is InChI=1S/C31H35N5O3/c37-30-24-29(33-36(30)27-14-8-3-9-15-27)32-31(38)35(19-18-34-20-22-39-23-21-34)17-16-28(25-10-4-1-5-11-25)26-12-6-2-7-13-26/h1-15,24,28,33H,16-23H2,(H,32,38). The highest BCUT2D eigenvalue weighted by Gasteiger charge is 2.21. The van der Waals surface area contributed by atoms with E-state index in [1.807, 2.05) is 47.4 Å². The third-order valence-electron chi connectivity index (χ3n) is 7.15. The smallest absolute Gasteiger partial charge is 0.323 e. The molecule has 1 aromatic heterocycles. The lowest BCUT2D eigenvalue weighted by Gasteiger charge is -2.31. The molecule has 202 valence electrons. The van der Waals surface area contributed by atoms with Crippen LogP contribution >= 0.6 is 0 Å². The number of H-pyrrole nitrogens is 1. The average Bonchev–Trinajstić information content (AvgIpc) is 3.36. The van der Waals surface area contributed by atoms with Gasteiger partial charge >= 0.3 is 6.03 Å². The van der Waals surface area contributed by atoms with Gasteiger partial charge in [0.1, 0.15) is 5.82 Å². The monoisotopic (exact) mass is 525 g/mol. The van der Waals surface area contributed by atoms with Crippen LogP contribution in [-0.4, -0.2) is 71.5 Å². The molecule has 1 aliphatic rings. The van der Waals surface area contributed by atoms with Crippen LogP contribution in [0.15, 0.2) is 102 Å². The topological polar surface area (TPSA) is 82.6 Å². The van der Waals surface area contributed by atoms with Crippen LogP contribution < -0.4 is 10.9 Å². The molecule has 0 aliphatic carbocycles. The molecule has 2 N–H and O–H groups in total. The molecule has 39 heavy (non-hydrogen) atoms. The lowest BCUT2D eigenvalue weighted by atomic mass is 9.88. The summed E-state index contributed by atoms with van der Waals surface area (Å²) in [6.07, 6.45) is 0.770. The quantitative estimate of drug-likeness (QED) is 0.318. The summed E-state index contributed by atoms with van der Waals surface area (Å²) in [7, 11) is 0. The van der Waals surface area contributed by atoms with Crippen LogP contribution in [0.2, 0.25) is 0 Å². The van der Waals surface area contributed by atoms with Gasteiger partial charge < -0.3 is 9.64 Å². The minimum absolute atomic E-state index is 0.157. The molecule has 0 atom stereocenters. The van der Waals surface area contributed by atoms with Gasteiger partial charge in [-0.15, -0.1) is 0 Å². The molecule has 2 amide bonds. The van der Waals surface area contributed by atoms with Crippen LogP contribution in [0.4, 0.5) is 10.6 Å². The van der Waals surface area contributed by atoms with Crippen LogP contribution in [-0.2, 0) is 4.74 Å². The molecule has 5 rings (SSSR count). The van der Waals surface area contributed by atoms with Crippen molar-refractivity contribution in [2.45, 2.75) is 12.3 Å². The number of para-hydroxylation sites is 1. The summed E-state index contributed by atoms with van der Waals surface area (Å²) >= 11 is 0. The Morgan fingerprint density at radius 2 is 1.46 bits per heavy atom. The van der Waals surface area contributed by atoms with Crippen LogP contribution in [0.5, 0.6) is 0 Å². The van der Waals surface area contributed by atoms with E-state index < -0.39 is 0 Å². The summed E-state index contributed by atoms with van der Waals surface area (Å²) in [5.74, 6) is 0.526. The van der Waals surface area contributed by atoms with Crippen LogP contribution in [0, 0.1) is 0 Å². The maximum atomic E-state index is 13.6. The van der Waals surface area contributed by atoms with E-state index in [1.54, 1.807) is 0 Å². The van der Waals surface area contributed by atoms with E-state index >= 15 is 0 Å². The number of amides is 2. The van der Waals surface area contributed by atoms with Gasteiger partial charge in [-0.3, -0.25) is 20.1 Å². The summed E-state index contributed by atoms with van der Waals surface area (Å²) < 4.78 is 6.91. The molecule has 1 aliphatic heterocycles. The number of urea groups is 1. The fourth-order valence-corrected chi connectivity index (χ4v) is 5.01. The van der Waals surface area contributed by atoms with Gasteiger partial charge in [-0.2, -0.15) is 0 Å². The molecule has 0 spiro atoms. The SMILES string of the molecule is O=C(Nc1cc(=O)n(-c2ccccc2)[nH]1)N(CCC(c1ccccc1)c1ccccc1)CCN1CCOCC1. The molecule has 0 unspecified atom stereocenters. The third kappa shape index (κ3) is 7.04. The molecule has 0 bridgehead atoms. The average molecular weight is 526 g/mol. The molecule has 1 saturated heterocycles. The number of carbonyl (C=O) groups excluding carboxylic acids is 1. The first-order valence-electron chi connectivity index (χ1n) is 13.5. The lowest BCUT2D eigenvalue weighted by molar-refractivity contribution is 0.0351. The van der Waals surface area contributed by atoms with E-state index in [9.17, 15) is 9.59 Å². The molecule has 3 aromatic carbocycles. The molecular formula is C31H35N5O3. The molecule has 0 saturated carbocycles. The normalized spacial score (nSPS) is 13.9. The van der Waals surface area contributed by atoms with Gasteiger partial charge in [0, 0.05) is 44.7 Å². The Hall–Kier alpha value is -4.14. The van der Waals surface area contributed by atoms with Crippen LogP contribution in [0.25, 0.3) is 5.69 Å². The first kappa shape index (κ1) is 26.5. The molecule has 4 aromatic rings. The molecule has 2 heterocycles. The fourth-order valence-electron chi connectivity index (χ4n) is 5.01. The number of hydrogen-bond acceptors (Lipinski definition) is 4. The van der Waals surface area contributed by atoms with Crippen LogP contribution in [0.3, 0.4) is 0 Å². The van der Waals surface area contributed by atoms with Crippen molar-refractivity contribution in [2.75, 3.05) is 51.3 Å². The second-order valence-corrected chi connectivity index (χ2v) is 9.71. The summed E-state index contributed by atoms with van der Waals surface area (Å²) in [6, 6.07) is 31.3. The number of benzene rings is 3. The van der Waals surface area contributed by atoms with Gasteiger partial charge in [-0.1, -0.05) is 78.9 Å². The largest absolute Gasteiger partial charge is 0.379 e. The van der Waals surface area contributed by atoms with Gasteiger partial charge in [0.25, 0.3) is 5.56 Å². The highest BCUT2D eigenvalue weighted by molar-refractivity contribution is 5.88. The van der Waals surface area contributed by atoms with Crippen molar-refractivity contribution >= 4 is 11.8 Å². The predicted octanol–water partition coefficient (Wildman–Crippen LogP) is 4.55. The Morgan fingerprint density at radius 3 is 2.08 bits per heavy atom. The first-order chi connectivity index (χ1) is 19.2. The van der Waals surface area contributed by atoms with E-state index in [-0.39, 0.29) is 17.5 Å². The summed E-state index contributed by atoms with van der Waals surface area (Å²) in [5.41, 5.74) is 2.92. The first-order valence-corrected chi connectivity index (χ1v) is 13.5. The molecule has 8 nitrogen and oxygen atoms in total. The fraction of sp³-hybridized carbons (Fsp3) is 0.290. The maximum absolute atomic E-state index is 13.6. The minimum atomic E-state index is -0.232. The van der Waals surface area contributed by atoms with Crippen molar-refractivity contribution < 1.29 is 9.53 Å². The van der Waals surface area contributed by atoms with E-state index in [0.29, 0.717) is 37.8 Å². The van der Waals surface area contributed by atoms with E-state index in [0.717, 1.165) is 26.1 Å². The Balaban J connectivity index is 1.33. The number of nitrogens with one attached hydrogen (secondary N) is 2. The Morgan fingerprint density at radius 1 is 0.872 bits per heavy atom. The van der Waals surface area contributed by atoms with Gasteiger partial charge in [-0.05, 0) is 29.7 Å². The summed E-state index contributed by atoms with van der Waals surface area (Å²) in [4.78, 5) is 30.3. The number of anilines is 1. The van der Waals surface area contributed by atoms with Crippen molar-refractivity contribution in [3.8, 4) is 5.69 Å². The molecule has 1 fully saturated rings. The van der Waals surface area contributed by atoms with E-state index in [1.165, 1.54) is 21.9 Å². The zero-order valence-electron chi connectivity index (χ0n) is 22.0. The van der Waals surface area contributed by atoms with Gasteiger partial charge in [0.15, 0.2) is 0 Å². The minimum Gasteiger partial charge on any atom is -0.379 e. The van der Waals surface area contributed by atoms with Gasteiger partial charge in [0.2, 0.25) is 0 Å². The number of aromatic amines is 1. The number of aromatic nitrogens is 2. The van der Waals surface area contributed by atoms with Crippen molar-refractivity contribution in [1.29, 1.82) is 0 Å². The number of ether oxygens (including phenoxy) is 1. The Kier molecular flexibility index (Phi) is 8.88. The number of carbonyl (C=O) groups is 1. The lowest BCUT2D eigenvalue weighted by Crippen LogP contribution is -2.44. The van der Waals surface area contributed by atoms with Gasteiger partial charge in [0.05, 0.1) is 18.9 Å². The molecule has 0 radical (unpaired) electrons. The van der Waals surface area contributed by atoms with E-state index in [2.05, 4.69) is 63.8 Å². The highest BCUT2D eigenvalue weighted by Crippen LogP contribution is 2.28. The zero-order valence-corrected chi connectivity index (χ0v) is 22.0. The van der Waals surface area contributed by atoms with Crippen molar-refractivity contribution in [3.63, 3.8) is 0 Å². The predicted molar refractivity (Wildman–Crippen MR) is 154 cm³/mol. The maximum Gasteiger partial charge on any atom is 0.323 e. The number of hydrogen-bond donors (Lipinski definition) is 2. The third-order valence-corrected chi connectivity index (χ3v) is 7.15. The second-order valence-electron chi connectivity index (χ2n) is 9.71. The second kappa shape index (κ2) is 13.1. The summed E-state index contributed by atoms with van der Waals surface area (Å²) in [6.45, 7) is 5.05. The Bertz CT molecular complexity index is 1330. The van der Waals surface area contributed by atoms with Crippen molar-refractivity contribution in [1.82, 2.24) is 19.6 Å². The van der Waals surface area contributed by atoms with E-state index in [4.69, 9.17) is 4.74 Å². The number of rotatable bonds is 10. The summed E-state index contributed by atoms with van der Waals surface area (Å²) in [5, 5.41) is 5.96. The molecular weight excluding hydrogens is 490 g/mol. The molecule has 8 heteroatoms. The van der Waals surface area contributed by atoms with Crippen molar-refractivity contribution in [2.24, 2.45) is 0 Å². The number of morpholine rings is 1. The van der Waals surface area contributed by atoms with Crippen LogP contribution in [0.1, 0.15) is 23.5 Å². The van der Waals surface area contributed by atoms with Crippen molar-refractivity contribution in [3.05, 3.63) is 119 Å².